The molecule has 0 radical (unpaired) electrons. The van der Waals surface area contributed by atoms with Gasteiger partial charge in [0.15, 0.2) is 0 Å². The first-order valence-corrected chi connectivity index (χ1v) is 7.03. The lowest BCUT2D eigenvalue weighted by Gasteiger charge is -2.36. The molecule has 0 aliphatic heterocycles. The molecule has 1 atom stereocenters. The van der Waals surface area contributed by atoms with Crippen molar-refractivity contribution < 1.29 is 0 Å². The largest absolute Gasteiger partial charge is 0.324 e. The number of benzene rings is 1. The van der Waals surface area contributed by atoms with Crippen LogP contribution in [0.5, 0.6) is 0 Å². The first-order valence-electron chi connectivity index (χ1n) is 6.04. The van der Waals surface area contributed by atoms with Crippen LogP contribution < -0.4 is 5.73 Å². The Morgan fingerprint density at radius 2 is 1.76 bits per heavy atom. The number of likely N-dealkylation sites (N-methyl/N-ethyl adjacent to an activating group) is 1. The molecule has 1 aromatic rings. The zero-order valence-electron chi connectivity index (χ0n) is 11.5. The van der Waals surface area contributed by atoms with Crippen LogP contribution in [0.2, 0.25) is 0 Å². The normalized spacial score (nSPS) is 14.1. The van der Waals surface area contributed by atoms with Crippen LogP contribution in [0.4, 0.5) is 0 Å². The molecule has 0 saturated heterocycles. The Labute approximate surface area is 110 Å². The van der Waals surface area contributed by atoms with E-state index in [-0.39, 0.29) is 11.6 Å². The SMILES string of the molecule is CCSc1ccc(C(N(C)C)C(C)(C)N)cc1. The molecule has 17 heavy (non-hydrogen) atoms. The van der Waals surface area contributed by atoms with Crippen molar-refractivity contribution in [3.8, 4) is 0 Å². The summed E-state index contributed by atoms with van der Waals surface area (Å²) in [6.07, 6.45) is 0. The molecule has 3 heteroatoms. The second-order valence-corrected chi connectivity index (χ2v) is 6.53. The summed E-state index contributed by atoms with van der Waals surface area (Å²) in [5.41, 5.74) is 7.30. The van der Waals surface area contributed by atoms with E-state index in [9.17, 15) is 0 Å². The molecule has 0 spiro atoms. The third-order valence-electron chi connectivity index (χ3n) is 2.73. The molecule has 0 amide bonds. The van der Waals surface area contributed by atoms with Crippen molar-refractivity contribution >= 4 is 11.8 Å². The van der Waals surface area contributed by atoms with Gasteiger partial charge in [-0.2, -0.15) is 0 Å². The topological polar surface area (TPSA) is 29.3 Å². The van der Waals surface area contributed by atoms with Gasteiger partial charge in [-0.05, 0) is 51.4 Å². The third-order valence-corrected chi connectivity index (χ3v) is 3.62. The maximum Gasteiger partial charge on any atom is 0.0517 e. The van der Waals surface area contributed by atoms with E-state index in [0.717, 1.165) is 5.75 Å². The minimum absolute atomic E-state index is 0.239. The van der Waals surface area contributed by atoms with Crippen LogP contribution in [-0.4, -0.2) is 30.3 Å². The standard InChI is InChI=1S/C14H24N2S/c1-6-17-12-9-7-11(8-10-12)13(16(4)5)14(2,3)15/h7-10,13H,6,15H2,1-5H3. The van der Waals surface area contributed by atoms with Crippen molar-refractivity contribution in [3.63, 3.8) is 0 Å². The lowest BCUT2D eigenvalue weighted by molar-refractivity contribution is 0.205. The predicted octanol–water partition coefficient (Wildman–Crippen LogP) is 3.14. The zero-order chi connectivity index (χ0) is 13.1. The Hall–Kier alpha value is -0.510. The quantitative estimate of drug-likeness (QED) is 0.816. The van der Waals surface area contributed by atoms with Gasteiger partial charge in [-0.25, -0.2) is 0 Å². The van der Waals surface area contributed by atoms with Crippen molar-refractivity contribution in [2.75, 3.05) is 19.8 Å². The Kier molecular flexibility index (Phi) is 5.04. The number of hydrogen-bond donors (Lipinski definition) is 1. The Morgan fingerprint density at radius 1 is 1.24 bits per heavy atom. The average Bonchev–Trinajstić information content (AvgIpc) is 2.18. The Balaban J connectivity index is 2.96. The summed E-state index contributed by atoms with van der Waals surface area (Å²) in [5.74, 6) is 1.11. The summed E-state index contributed by atoms with van der Waals surface area (Å²) in [6.45, 7) is 6.32. The molecule has 96 valence electrons. The molecule has 1 unspecified atom stereocenters. The van der Waals surface area contributed by atoms with Crippen LogP contribution in [0.3, 0.4) is 0 Å². The minimum atomic E-state index is -0.247. The molecule has 0 aliphatic rings. The highest BCUT2D eigenvalue weighted by Gasteiger charge is 2.28. The molecule has 1 rings (SSSR count). The average molecular weight is 252 g/mol. The molecule has 0 heterocycles. The monoisotopic (exact) mass is 252 g/mol. The van der Waals surface area contributed by atoms with Gasteiger partial charge in [0.2, 0.25) is 0 Å². The van der Waals surface area contributed by atoms with Crippen LogP contribution in [0.1, 0.15) is 32.4 Å². The van der Waals surface area contributed by atoms with E-state index in [1.807, 2.05) is 11.8 Å². The maximum absolute atomic E-state index is 6.26. The van der Waals surface area contributed by atoms with Crippen LogP contribution in [-0.2, 0) is 0 Å². The van der Waals surface area contributed by atoms with Gasteiger partial charge in [0, 0.05) is 10.4 Å². The van der Waals surface area contributed by atoms with E-state index >= 15 is 0 Å². The summed E-state index contributed by atoms with van der Waals surface area (Å²) in [4.78, 5) is 3.51. The van der Waals surface area contributed by atoms with Crippen LogP contribution in [0, 0.1) is 0 Å². The Bertz CT molecular complexity index is 338. The van der Waals surface area contributed by atoms with Gasteiger partial charge in [-0.3, -0.25) is 0 Å². The van der Waals surface area contributed by atoms with Crippen molar-refractivity contribution in [1.82, 2.24) is 4.90 Å². The van der Waals surface area contributed by atoms with Crippen molar-refractivity contribution in [2.45, 2.75) is 37.2 Å². The van der Waals surface area contributed by atoms with Gasteiger partial charge in [-0.1, -0.05) is 19.1 Å². The first kappa shape index (κ1) is 14.6. The molecule has 0 saturated carbocycles. The van der Waals surface area contributed by atoms with Gasteiger partial charge in [-0.15, -0.1) is 11.8 Å². The fourth-order valence-electron chi connectivity index (χ4n) is 2.31. The molecular weight excluding hydrogens is 228 g/mol. The first-order chi connectivity index (χ1) is 7.86. The lowest BCUT2D eigenvalue weighted by Crippen LogP contribution is -2.45. The second kappa shape index (κ2) is 5.89. The van der Waals surface area contributed by atoms with Gasteiger partial charge in [0.05, 0.1) is 6.04 Å². The molecule has 0 aliphatic carbocycles. The number of thioether (sulfide) groups is 1. The number of hydrogen-bond acceptors (Lipinski definition) is 3. The predicted molar refractivity (Wildman–Crippen MR) is 77.5 cm³/mol. The highest BCUT2D eigenvalue weighted by molar-refractivity contribution is 7.99. The fraction of sp³-hybridized carbons (Fsp3) is 0.571. The Morgan fingerprint density at radius 3 is 2.12 bits per heavy atom. The molecule has 2 nitrogen and oxygen atoms in total. The molecule has 0 aromatic heterocycles. The van der Waals surface area contributed by atoms with Crippen LogP contribution in [0.25, 0.3) is 0 Å². The number of nitrogens with two attached hydrogens (primary N) is 1. The van der Waals surface area contributed by atoms with Crippen molar-refractivity contribution in [1.29, 1.82) is 0 Å². The summed E-state index contributed by atoms with van der Waals surface area (Å²) < 4.78 is 0. The molecular formula is C14H24N2S. The zero-order valence-corrected chi connectivity index (χ0v) is 12.3. The van der Waals surface area contributed by atoms with Crippen molar-refractivity contribution in [2.24, 2.45) is 5.73 Å². The van der Waals surface area contributed by atoms with E-state index in [1.54, 1.807) is 0 Å². The van der Waals surface area contributed by atoms with Crippen molar-refractivity contribution in [3.05, 3.63) is 29.8 Å². The van der Waals surface area contributed by atoms with Gasteiger partial charge in [0.25, 0.3) is 0 Å². The maximum atomic E-state index is 6.26. The summed E-state index contributed by atoms with van der Waals surface area (Å²) in [5, 5.41) is 0. The van der Waals surface area contributed by atoms with Gasteiger partial charge in [0.1, 0.15) is 0 Å². The molecule has 2 N–H and O–H groups in total. The smallest absolute Gasteiger partial charge is 0.0517 e. The summed E-state index contributed by atoms with van der Waals surface area (Å²) in [7, 11) is 4.15. The summed E-state index contributed by atoms with van der Waals surface area (Å²) in [6, 6.07) is 9.00. The highest BCUT2D eigenvalue weighted by atomic mass is 32.2. The number of rotatable bonds is 5. The number of nitrogens with zero attached hydrogens (tertiary/aromatic N) is 1. The van der Waals surface area contributed by atoms with Gasteiger partial charge >= 0.3 is 0 Å². The molecule has 0 bridgehead atoms. The van der Waals surface area contributed by atoms with Crippen LogP contribution in [0.15, 0.2) is 29.2 Å². The summed E-state index contributed by atoms with van der Waals surface area (Å²) >= 11 is 1.87. The molecule has 1 aromatic carbocycles. The van der Waals surface area contributed by atoms with E-state index in [4.69, 9.17) is 5.73 Å². The van der Waals surface area contributed by atoms with Crippen LogP contribution >= 0.6 is 11.8 Å². The van der Waals surface area contributed by atoms with E-state index in [1.165, 1.54) is 10.5 Å². The molecule has 0 fully saturated rings. The van der Waals surface area contributed by atoms with Gasteiger partial charge < -0.3 is 10.6 Å². The second-order valence-electron chi connectivity index (χ2n) is 5.19. The van der Waals surface area contributed by atoms with E-state index < -0.39 is 0 Å². The lowest BCUT2D eigenvalue weighted by atomic mass is 9.89. The van der Waals surface area contributed by atoms with E-state index in [0.29, 0.717) is 0 Å². The minimum Gasteiger partial charge on any atom is -0.324 e. The highest BCUT2D eigenvalue weighted by Crippen LogP contribution is 2.29. The fourth-order valence-corrected chi connectivity index (χ4v) is 2.97. The van der Waals surface area contributed by atoms with E-state index in [2.05, 4.69) is 64.0 Å². The third kappa shape index (κ3) is 4.02.